The maximum atomic E-state index is 13.6. The number of nitrogens with zero attached hydrogens (tertiary/aromatic N) is 3. The number of fused-ring (bicyclic) bond motifs is 1. The van der Waals surface area contributed by atoms with E-state index in [1.54, 1.807) is 11.0 Å². The van der Waals surface area contributed by atoms with Crippen LogP contribution in [0.2, 0.25) is 0 Å². The lowest BCUT2D eigenvalue weighted by molar-refractivity contribution is -0.120. The van der Waals surface area contributed by atoms with Gasteiger partial charge in [-0.25, -0.2) is 9.37 Å². The van der Waals surface area contributed by atoms with Crippen LogP contribution in [-0.2, 0) is 4.79 Å². The average Bonchev–Trinajstić information content (AvgIpc) is 3.13. The molecule has 0 N–H and O–H groups in total. The minimum Gasteiger partial charge on any atom is -0.483 e. The number of halogens is 2. The molecule has 0 unspecified atom stereocenters. The van der Waals surface area contributed by atoms with E-state index in [0.29, 0.717) is 22.9 Å². The number of carbonyl (C=O) groups excluding carboxylic acids is 1. The van der Waals surface area contributed by atoms with Crippen LogP contribution < -0.4 is 9.64 Å². The van der Waals surface area contributed by atoms with E-state index >= 15 is 0 Å². The van der Waals surface area contributed by atoms with Gasteiger partial charge in [-0.05, 0) is 49.8 Å². The molecule has 0 fully saturated rings. The zero-order valence-electron chi connectivity index (χ0n) is 17.4. The van der Waals surface area contributed by atoms with Crippen molar-refractivity contribution in [1.82, 2.24) is 9.88 Å². The van der Waals surface area contributed by atoms with Crippen LogP contribution in [0.1, 0.15) is 19.4 Å². The summed E-state index contributed by atoms with van der Waals surface area (Å²) in [5, 5.41) is 0.566. The van der Waals surface area contributed by atoms with Crippen molar-refractivity contribution >= 4 is 45.0 Å². The molecule has 3 rings (SSSR count). The highest BCUT2D eigenvalue weighted by Crippen LogP contribution is 2.29. The molecule has 0 aliphatic heterocycles. The largest absolute Gasteiger partial charge is 0.483 e. The molecule has 0 radical (unpaired) electrons. The fourth-order valence-corrected chi connectivity index (χ4v) is 4.08. The van der Waals surface area contributed by atoms with E-state index in [2.05, 4.69) is 23.7 Å². The van der Waals surface area contributed by atoms with Gasteiger partial charge in [0.2, 0.25) is 0 Å². The Morgan fingerprint density at radius 1 is 1.13 bits per heavy atom. The molecule has 0 atom stereocenters. The summed E-state index contributed by atoms with van der Waals surface area (Å²) in [6, 6.07) is 12.1. The molecular weight excluding hydrogens is 425 g/mol. The first-order valence-electron chi connectivity index (χ1n) is 9.79. The van der Waals surface area contributed by atoms with Gasteiger partial charge in [-0.1, -0.05) is 43.4 Å². The predicted octanol–water partition coefficient (Wildman–Crippen LogP) is 4.92. The zero-order valence-corrected chi connectivity index (χ0v) is 19.1. The minimum absolute atomic E-state index is 0. The second-order valence-electron chi connectivity index (χ2n) is 6.73. The third kappa shape index (κ3) is 5.90. The summed E-state index contributed by atoms with van der Waals surface area (Å²) in [5.41, 5.74) is 1.66. The summed E-state index contributed by atoms with van der Waals surface area (Å²) < 4.78 is 20.1. The van der Waals surface area contributed by atoms with Crippen molar-refractivity contribution in [3.63, 3.8) is 0 Å². The van der Waals surface area contributed by atoms with Gasteiger partial charge >= 0.3 is 0 Å². The Bertz CT molecular complexity index is 978. The molecule has 2 aromatic carbocycles. The highest BCUT2D eigenvalue weighted by Gasteiger charge is 2.21. The highest BCUT2D eigenvalue weighted by atomic mass is 35.5. The van der Waals surface area contributed by atoms with Crippen molar-refractivity contribution in [2.75, 3.05) is 37.7 Å². The highest BCUT2D eigenvalue weighted by molar-refractivity contribution is 7.22. The fraction of sp³-hybridized carbons (Fsp3) is 0.364. The molecule has 3 aromatic rings. The van der Waals surface area contributed by atoms with Crippen LogP contribution in [0.3, 0.4) is 0 Å². The van der Waals surface area contributed by atoms with Crippen LogP contribution in [0.4, 0.5) is 9.52 Å². The molecule has 0 aliphatic carbocycles. The van der Waals surface area contributed by atoms with Gasteiger partial charge in [0, 0.05) is 13.1 Å². The summed E-state index contributed by atoms with van der Waals surface area (Å²) in [4.78, 5) is 21.5. The number of hydrogen-bond acceptors (Lipinski definition) is 5. The molecule has 162 valence electrons. The maximum Gasteiger partial charge on any atom is 0.266 e. The standard InChI is InChI=1S/C22H26FN3O2S.ClH/c1-4-25(5-2)12-13-26(21(27)15-28-19-9-7-6-8-16(19)3)22-24-18-11-10-17(23)14-20(18)29-22;/h6-11,14H,4-5,12-13,15H2,1-3H3;1H. The first kappa shape index (κ1) is 24.1. The van der Waals surface area contributed by atoms with Gasteiger partial charge in [0.05, 0.1) is 10.2 Å². The van der Waals surface area contributed by atoms with E-state index in [9.17, 15) is 9.18 Å². The molecule has 30 heavy (non-hydrogen) atoms. The first-order chi connectivity index (χ1) is 14.0. The molecule has 0 spiro atoms. The van der Waals surface area contributed by atoms with Crippen LogP contribution in [-0.4, -0.2) is 48.6 Å². The number of hydrogen-bond donors (Lipinski definition) is 0. The number of likely N-dealkylation sites (N-methyl/N-ethyl adjacent to an activating group) is 1. The SMILES string of the molecule is CCN(CC)CCN(C(=O)COc1ccccc1C)c1nc2ccc(F)cc2s1.Cl. The van der Waals surface area contributed by atoms with Crippen molar-refractivity contribution < 1.29 is 13.9 Å². The third-order valence-corrected chi connectivity index (χ3v) is 5.89. The Kier molecular flexibility index (Phi) is 9.02. The Balaban J connectivity index is 0.00000320. The van der Waals surface area contributed by atoms with Crippen molar-refractivity contribution in [2.45, 2.75) is 20.8 Å². The molecule has 0 saturated heterocycles. The normalized spacial score (nSPS) is 10.8. The number of para-hydroxylation sites is 1. The summed E-state index contributed by atoms with van der Waals surface area (Å²) in [5.74, 6) is 0.215. The molecule has 1 heterocycles. The number of rotatable bonds is 9. The lowest BCUT2D eigenvalue weighted by Crippen LogP contribution is -2.41. The number of ether oxygens (including phenoxy) is 1. The Labute approximate surface area is 186 Å². The lowest BCUT2D eigenvalue weighted by Gasteiger charge is -2.24. The molecule has 1 aromatic heterocycles. The molecule has 0 saturated carbocycles. The predicted molar refractivity (Wildman–Crippen MR) is 124 cm³/mol. The van der Waals surface area contributed by atoms with Crippen LogP contribution in [0.5, 0.6) is 5.75 Å². The number of anilines is 1. The molecular formula is C22H27ClFN3O2S. The lowest BCUT2D eigenvalue weighted by atomic mass is 10.2. The average molecular weight is 452 g/mol. The molecule has 0 bridgehead atoms. The summed E-state index contributed by atoms with van der Waals surface area (Å²) >= 11 is 1.32. The Morgan fingerprint density at radius 2 is 1.87 bits per heavy atom. The van der Waals surface area contributed by atoms with E-state index in [0.717, 1.165) is 29.9 Å². The van der Waals surface area contributed by atoms with Crippen LogP contribution in [0.15, 0.2) is 42.5 Å². The molecule has 5 nitrogen and oxygen atoms in total. The fourth-order valence-electron chi connectivity index (χ4n) is 3.05. The van der Waals surface area contributed by atoms with Crippen LogP contribution >= 0.6 is 23.7 Å². The van der Waals surface area contributed by atoms with Crippen molar-refractivity contribution in [3.05, 3.63) is 53.8 Å². The number of aromatic nitrogens is 1. The smallest absolute Gasteiger partial charge is 0.266 e. The Hall–Kier alpha value is -2.22. The summed E-state index contributed by atoms with van der Waals surface area (Å²) in [6.07, 6.45) is 0. The second-order valence-corrected chi connectivity index (χ2v) is 7.74. The number of carbonyl (C=O) groups is 1. The van der Waals surface area contributed by atoms with E-state index in [1.165, 1.54) is 23.5 Å². The van der Waals surface area contributed by atoms with Crippen molar-refractivity contribution in [3.8, 4) is 5.75 Å². The molecule has 1 amide bonds. The maximum absolute atomic E-state index is 13.6. The van der Waals surface area contributed by atoms with Gasteiger partial charge in [-0.3, -0.25) is 9.69 Å². The van der Waals surface area contributed by atoms with Gasteiger partial charge in [-0.2, -0.15) is 0 Å². The van der Waals surface area contributed by atoms with Crippen molar-refractivity contribution in [2.24, 2.45) is 0 Å². The first-order valence-corrected chi connectivity index (χ1v) is 10.6. The van der Waals surface area contributed by atoms with E-state index in [-0.39, 0.29) is 30.7 Å². The van der Waals surface area contributed by atoms with Gasteiger partial charge in [-0.15, -0.1) is 12.4 Å². The van der Waals surface area contributed by atoms with Gasteiger partial charge < -0.3 is 9.64 Å². The quantitative estimate of drug-likeness (QED) is 0.463. The van der Waals surface area contributed by atoms with Crippen LogP contribution in [0, 0.1) is 12.7 Å². The van der Waals surface area contributed by atoms with E-state index in [4.69, 9.17) is 4.74 Å². The molecule has 0 aliphatic rings. The summed E-state index contributed by atoms with van der Waals surface area (Å²) in [7, 11) is 0. The van der Waals surface area contributed by atoms with E-state index in [1.807, 2.05) is 31.2 Å². The van der Waals surface area contributed by atoms with Crippen molar-refractivity contribution in [1.29, 1.82) is 0 Å². The second kappa shape index (κ2) is 11.2. The monoisotopic (exact) mass is 451 g/mol. The number of amides is 1. The Morgan fingerprint density at radius 3 is 2.57 bits per heavy atom. The zero-order chi connectivity index (χ0) is 20.8. The number of thiazole rings is 1. The minimum atomic E-state index is -0.309. The third-order valence-electron chi connectivity index (χ3n) is 4.85. The summed E-state index contributed by atoms with van der Waals surface area (Å²) in [6.45, 7) is 9.10. The van der Waals surface area contributed by atoms with Gasteiger partial charge in [0.25, 0.3) is 5.91 Å². The number of aryl methyl sites for hydroxylation is 1. The molecule has 8 heteroatoms. The van der Waals surface area contributed by atoms with Gasteiger partial charge in [0.1, 0.15) is 11.6 Å². The number of benzene rings is 2. The van der Waals surface area contributed by atoms with Gasteiger partial charge in [0.15, 0.2) is 11.7 Å². The topological polar surface area (TPSA) is 45.7 Å². The van der Waals surface area contributed by atoms with Crippen LogP contribution in [0.25, 0.3) is 10.2 Å². The van der Waals surface area contributed by atoms with E-state index < -0.39 is 0 Å².